The summed E-state index contributed by atoms with van der Waals surface area (Å²) >= 11 is 5.76. The molecule has 0 fully saturated rings. The average Bonchev–Trinajstić information content (AvgIpc) is 2.88. The van der Waals surface area contributed by atoms with Gasteiger partial charge in [0.1, 0.15) is 6.54 Å². The molecule has 4 rings (SSSR count). The molecule has 10 heteroatoms. The van der Waals surface area contributed by atoms with Gasteiger partial charge < -0.3 is 5.32 Å². The summed E-state index contributed by atoms with van der Waals surface area (Å²) in [6.07, 6.45) is -4.83. The number of carbonyl (C=O) groups excluding carboxylic acids is 1. The topological polar surface area (TPSA) is 66.5 Å². The molecule has 4 aromatic rings. The van der Waals surface area contributed by atoms with Crippen LogP contribution in [0.25, 0.3) is 11.1 Å². The van der Waals surface area contributed by atoms with Gasteiger partial charge in [0.2, 0.25) is 5.91 Å². The van der Waals surface area contributed by atoms with Crippen LogP contribution in [0.4, 0.5) is 24.5 Å². The molecule has 0 aliphatic heterocycles. The second-order valence-corrected chi connectivity index (χ2v) is 10.7. The quantitative estimate of drug-likeness (QED) is 0.261. The van der Waals surface area contributed by atoms with Crippen LogP contribution in [0.5, 0.6) is 0 Å². The summed E-state index contributed by atoms with van der Waals surface area (Å²) in [5, 5.41) is 2.12. The Kier molecular flexibility index (Phi) is 7.80. The number of carbonyl (C=O) groups is 1. The van der Waals surface area contributed by atoms with E-state index in [1.54, 1.807) is 43.3 Å². The SMILES string of the molecule is Cc1ccc(S(=O)(=O)N(CC(=O)Nc2ccccc2-c2ccccc2)c2ccc(Cl)c(C(F)(F)F)c2)cc1. The number of para-hydroxylation sites is 1. The molecule has 196 valence electrons. The third-order valence-corrected chi connectivity index (χ3v) is 7.84. The van der Waals surface area contributed by atoms with E-state index < -0.39 is 39.2 Å². The first-order valence-corrected chi connectivity index (χ1v) is 13.2. The second kappa shape index (κ2) is 10.9. The highest BCUT2D eigenvalue weighted by Crippen LogP contribution is 2.38. The fraction of sp³-hybridized carbons (Fsp3) is 0.107. The van der Waals surface area contributed by atoms with Gasteiger partial charge in [0.15, 0.2) is 0 Å². The third-order valence-electron chi connectivity index (χ3n) is 5.73. The van der Waals surface area contributed by atoms with Crippen LogP contribution in [0.1, 0.15) is 11.1 Å². The minimum Gasteiger partial charge on any atom is -0.324 e. The van der Waals surface area contributed by atoms with E-state index in [0.717, 1.165) is 23.3 Å². The molecule has 0 atom stereocenters. The normalized spacial score (nSPS) is 11.7. The number of halogens is 4. The summed E-state index contributed by atoms with van der Waals surface area (Å²) in [5.74, 6) is -0.743. The van der Waals surface area contributed by atoms with Gasteiger partial charge >= 0.3 is 6.18 Å². The van der Waals surface area contributed by atoms with Crippen molar-refractivity contribution in [1.29, 1.82) is 0 Å². The third kappa shape index (κ3) is 6.00. The number of anilines is 2. The molecule has 0 aliphatic carbocycles. The van der Waals surface area contributed by atoms with E-state index in [2.05, 4.69) is 5.32 Å². The van der Waals surface area contributed by atoms with Crippen molar-refractivity contribution in [2.75, 3.05) is 16.2 Å². The highest BCUT2D eigenvalue weighted by atomic mass is 35.5. The van der Waals surface area contributed by atoms with Crippen LogP contribution in [0.15, 0.2) is 102 Å². The first kappa shape index (κ1) is 27.2. The monoisotopic (exact) mass is 558 g/mol. The van der Waals surface area contributed by atoms with Crippen molar-refractivity contribution in [1.82, 2.24) is 0 Å². The second-order valence-electron chi connectivity index (χ2n) is 8.45. The van der Waals surface area contributed by atoms with Crippen LogP contribution in [0, 0.1) is 6.92 Å². The highest BCUT2D eigenvalue weighted by Gasteiger charge is 2.35. The predicted molar refractivity (Wildman–Crippen MR) is 143 cm³/mol. The molecule has 0 radical (unpaired) electrons. The van der Waals surface area contributed by atoms with Gasteiger partial charge in [-0.25, -0.2) is 8.42 Å². The lowest BCUT2D eigenvalue weighted by Gasteiger charge is -2.25. The Bertz CT molecular complexity index is 1560. The summed E-state index contributed by atoms with van der Waals surface area (Å²) in [4.78, 5) is 13.0. The number of benzene rings is 4. The van der Waals surface area contributed by atoms with Gasteiger partial charge in [-0.15, -0.1) is 0 Å². The fourth-order valence-electron chi connectivity index (χ4n) is 3.82. The lowest BCUT2D eigenvalue weighted by atomic mass is 10.0. The number of hydrogen-bond donors (Lipinski definition) is 1. The lowest BCUT2D eigenvalue weighted by Crippen LogP contribution is -2.38. The predicted octanol–water partition coefficient (Wildman–Crippen LogP) is 7.17. The number of aryl methyl sites for hydroxylation is 1. The number of nitrogens with one attached hydrogen (secondary N) is 1. The number of sulfonamides is 1. The Morgan fingerprint density at radius 3 is 2.18 bits per heavy atom. The van der Waals surface area contributed by atoms with Gasteiger partial charge in [0.05, 0.1) is 21.2 Å². The minimum atomic E-state index is -4.83. The molecule has 0 spiro atoms. The van der Waals surface area contributed by atoms with E-state index in [1.807, 2.05) is 30.3 Å². The molecule has 0 bridgehead atoms. The van der Waals surface area contributed by atoms with Crippen LogP contribution in [-0.2, 0) is 21.0 Å². The maximum absolute atomic E-state index is 13.6. The standard InChI is InChI=1S/C28H22ClF3N2O3S/c1-19-11-14-22(15-12-19)38(36,37)34(21-13-16-25(29)24(17-21)28(30,31)32)18-27(35)33-26-10-6-5-9-23(26)20-7-3-2-4-8-20/h2-17H,18H2,1H3,(H,33,35). The van der Waals surface area contributed by atoms with Gasteiger partial charge in [-0.3, -0.25) is 9.10 Å². The maximum Gasteiger partial charge on any atom is 0.417 e. The van der Waals surface area contributed by atoms with Crippen LogP contribution >= 0.6 is 11.6 Å². The van der Waals surface area contributed by atoms with E-state index in [0.29, 0.717) is 21.6 Å². The lowest BCUT2D eigenvalue weighted by molar-refractivity contribution is -0.137. The Balaban J connectivity index is 1.74. The zero-order chi connectivity index (χ0) is 27.5. The van der Waals surface area contributed by atoms with Crippen molar-refractivity contribution in [3.63, 3.8) is 0 Å². The Morgan fingerprint density at radius 2 is 1.53 bits per heavy atom. The van der Waals surface area contributed by atoms with Crippen LogP contribution in [0.3, 0.4) is 0 Å². The molecule has 0 unspecified atom stereocenters. The number of rotatable bonds is 7. The molecule has 38 heavy (non-hydrogen) atoms. The Hall–Kier alpha value is -3.82. The fourth-order valence-corrected chi connectivity index (χ4v) is 5.46. The molecule has 1 N–H and O–H groups in total. The van der Waals surface area contributed by atoms with Gasteiger partial charge in [-0.05, 0) is 48.9 Å². The summed E-state index contributed by atoms with van der Waals surface area (Å²) in [5.41, 5.74) is 1.16. The van der Waals surface area contributed by atoms with E-state index in [4.69, 9.17) is 11.6 Å². The molecule has 4 aromatic carbocycles. The summed E-state index contributed by atoms with van der Waals surface area (Å²) in [7, 11) is -4.43. The average molecular weight is 559 g/mol. The Morgan fingerprint density at radius 1 is 0.895 bits per heavy atom. The molecule has 0 aliphatic rings. The van der Waals surface area contributed by atoms with Crippen molar-refractivity contribution in [2.45, 2.75) is 18.0 Å². The van der Waals surface area contributed by atoms with Crippen molar-refractivity contribution >= 4 is 38.9 Å². The first-order valence-electron chi connectivity index (χ1n) is 11.4. The molecular formula is C28H22ClF3N2O3S. The van der Waals surface area contributed by atoms with Crippen molar-refractivity contribution in [2.24, 2.45) is 0 Å². The zero-order valence-electron chi connectivity index (χ0n) is 20.0. The number of amides is 1. The van der Waals surface area contributed by atoms with Gasteiger partial charge in [-0.2, -0.15) is 13.2 Å². The summed E-state index contributed by atoms with van der Waals surface area (Å²) in [6, 6.07) is 24.7. The molecule has 5 nitrogen and oxygen atoms in total. The van der Waals surface area contributed by atoms with E-state index >= 15 is 0 Å². The van der Waals surface area contributed by atoms with Crippen LogP contribution in [0.2, 0.25) is 5.02 Å². The minimum absolute atomic E-state index is 0.177. The summed E-state index contributed by atoms with van der Waals surface area (Å²) in [6.45, 7) is 0.985. The van der Waals surface area contributed by atoms with Crippen molar-refractivity contribution in [3.05, 3.63) is 113 Å². The number of hydrogen-bond acceptors (Lipinski definition) is 3. The summed E-state index contributed by atoms with van der Waals surface area (Å²) < 4.78 is 68.6. The maximum atomic E-state index is 13.6. The Labute approximate surface area is 223 Å². The van der Waals surface area contributed by atoms with Crippen molar-refractivity contribution in [3.8, 4) is 11.1 Å². The number of alkyl halides is 3. The van der Waals surface area contributed by atoms with Crippen LogP contribution in [-0.4, -0.2) is 20.9 Å². The van der Waals surface area contributed by atoms with E-state index in [1.165, 1.54) is 12.1 Å². The largest absolute Gasteiger partial charge is 0.417 e. The van der Waals surface area contributed by atoms with E-state index in [-0.39, 0.29) is 10.6 Å². The molecule has 0 aromatic heterocycles. The molecule has 0 heterocycles. The first-order chi connectivity index (χ1) is 18.0. The van der Waals surface area contributed by atoms with Gasteiger partial charge in [0.25, 0.3) is 10.0 Å². The van der Waals surface area contributed by atoms with Gasteiger partial charge in [-0.1, -0.05) is 77.8 Å². The number of nitrogens with zero attached hydrogens (tertiary/aromatic N) is 1. The zero-order valence-corrected chi connectivity index (χ0v) is 21.6. The molecule has 0 saturated carbocycles. The van der Waals surface area contributed by atoms with Crippen LogP contribution < -0.4 is 9.62 Å². The molecule has 0 saturated heterocycles. The molecular weight excluding hydrogens is 537 g/mol. The smallest absolute Gasteiger partial charge is 0.324 e. The van der Waals surface area contributed by atoms with E-state index in [9.17, 15) is 26.4 Å². The van der Waals surface area contributed by atoms with Crippen molar-refractivity contribution < 1.29 is 26.4 Å². The van der Waals surface area contributed by atoms with Gasteiger partial charge in [0, 0.05) is 11.3 Å². The molecule has 1 amide bonds. The highest BCUT2D eigenvalue weighted by molar-refractivity contribution is 7.92.